The van der Waals surface area contributed by atoms with Crippen molar-refractivity contribution in [2.24, 2.45) is 0 Å². The number of nitro benzene ring substituents is 1. The Labute approximate surface area is 86.0 Å². The first-order valence-electron chi connectivity index (χ1n) is 4.13. The van der Waals surface area contributed by atoms with Crippen LogP contribution in [0.15, 0.2) is 24.3 Å². The van der Waals surface area contributed by atoms with Gasteiger partial charge in [0.1, 0.15) is 0 Å². The summed E-state index contributed by atoms with van der Waals surface area (Å²) in [5, 5.41) is 27.8. The molecule has 0 bridgehead atoms. The van der Waals surface area contributed by atoms with Crippen molar-refractivity contribution < 1.29 is 10.0 Å². The Kier molecular flexibility index (Phi) is 3.55. The van der Waals surface area contributed by atoms with Gasteiger partial charge < -0.3 is 5.11 Å². The summed E-state index contributed by atoms with van der Waals surface area (Å²) in [6.07, 6.45) is 2.70. The highest BCUT2D eigenvalue weighted by Gasteiger charge is 2.12. The molecule has 0 amide bonds. The highest BCUT2D eigenvalue weighted by atomic mass is 16.6. The van der Waals surface area contributed by atoms with Gasteiger partial charge in [0.15, 0.2) is 0 Å². The van der Waals surface area contributed by atoms with E-state index in [4.69, 9.17) is 10.4 Å². The Morgan fingerprint density at radius 3 is 2.87 bits per heavy atom. The standard InChI is InChI=1S/C10H8N2O3/c11-5-1-2-8-3-4-9(7-13)10(6-8)12(14)15/h1-4,6,13H,7H2. The number of nitro groups is 1. The molecule has 0 radical (unpaired) electrons. The smallest absolute Gasteiger partial charge is 0.275 e. The summed E-state index contributed by atoms with van der Waals surface area (Å²) in [7, 11) is 0. The lowest BCUT2D eigenvalue weighted by Crippen LogP contribution is -1.95. The number of hydrogen-bond donors (Lipinski definition) is 1. The van der Waals surface area contributed by atoms with Gasteiger partial charge in [-0.25, -0.2) is 0 Å². The van der Waals surface area contributed by atoms with E-state index < -0.39 is 4.92 Å². The molecule has 0 saturated heterocycles. The molecular formula is C10H8N2O3. The normalized spacial score (nSPS) is 10.1. The van der Waals surface area contributed by atoms with Gasteiger partial charge in [-0.2, -0.15) is 5.26 Å². The van der Waals surface area contributed by atoms with Gasteiger partial charge in [-0.15, -0.1) is 0 Å². The molecule has 0 aromatic heterocycles. The summed E-state index contributed by atoms with van der Waals surface area (Å²) in [5.41, 5.74) is 0.673. The molecule has 0 fully saturated rings. The Bertz CT molecular complexity index is 446. The number of nitrogens with zero attached hydrogens (tertiary/aromatic N) is 2. The zero-order valence-corrected chi connectivity index (χ0v) is 7.75. The average Bonchev–Trinajstić information content (AvgIpc) is 2.25. The Morgan fingerprint density at radius 1 is 1.60 bits per heavy atom. The van der Waals surface area contributed by atoms with Crippen LogP contribution in [0, 0.1) is 21.4 Å². The van der Waals surface area contributed by atoms with Crippen molar-refractivity contribution in [1.29, 1.82) is 5.26 Å². The molecule has 0 aliphatic carbocycles. The summed E-state index contributed by atoms with van der Waals surface area (Å²) in [5.74, 6) is 0. The van der Waals surface area contributed by atoms with Crippen molar-refractivity contribution in [2.75, 3.05) is 0 Å². The Hall–Kier alpha value is -2.19. The van der Waals surface area contributed by atoms with E-state index in [1.54, 1.807) is 12.1 Å². The second-order valence-electron chi connectivity index (χ2n) is 2.77. The van der Waals surface area contributed by atoms with Crippen molar-refractivity contribution in [3.8, 4) is 6.07 Å². The lowest BCUT2D eigenvalue weighted by atomic mass is 10.1. The number of nitriles is 1. The number of aliphatic hydroxyl groups is 1. The van der Waals surface area contributed by atoms with Crippen LogP contribution in [0.1, 0.15) is 11.1 Å². The molecule has 76 valence electrons. The zero-order chi connectivity index (χ0) is 11.3. The quantitative estimate of drug-likeness (QED) is 0.460. The predicted octanol–water partition coefficient (Wildman–Crippen LogP) is 1.62. The van der Waals surface area contributed by atoms with Crippen LogP contribution >= 0.6 is 0 Å². The monoisotopic (exact) mass is 204 g/mol. The van der Waals surface area contributed by atoms with Gasteiger partial charge in [-0.1, -0.05) is 6.07 Å². The highest BCUT2D eigenvalue weighted by molar-refractivity contribution is 5.57. The molecule has 5 nitrogen and oxygen atoms in total. The van der Waals surface area contributed by atoms with Crippen molar-refractivity contribution in [2.45, 2.75) is 6.61 Å². The molecule has 1 aromatic rings. The van der Waals surface area contributed by atoms with Gasteiger partial charge >= 0.3 is 0 Å². The fourth-order valence-corrected chi connectivity index (χ4v) is 1.12. The first kappa shape index (κ1) is 10.9. The lowest BCUT2D eigenvalue weighted by Gasteiger charge is -1.99. The summed E-state index contributed by atoms with van der Waals surface area (Å²) < 4.78 is 0. The third-order valence-corrected chi connectivity index (χ3v) is 1.83. The molecule has 1 aromatic carbocycles. The molecule has 0 atom stereocenters. The molecular weight excluding hydrogens is 196 g/mol. The van der Waals surface area contributed by atoms with E-state index in [1.807, 2.05) is 0 Å². The molecule has 0 heterocycles. The number of hydrogen-bond acceptors (Lipinski definition) is 4. The van der Waals surface area contributed by atoms with Crippen LogP contribution in [0.5, 0.6) is 0 Å². The zero-order valence-electron chi connectivity index (χ0n) is 7.75. The topological polar surface area (TPSA) is 87.2 Å². The number of allylic oxidation sites excluding steroid dienone is 1. The molecule has 0 unspecified atom stereocenters. The van der Waals surface area contributed by atoms with Gasteiger partial charge in [0.25, 0.3) is 5.69 Å². The van der Waals surface area contributed by atoms with Gasteiger partial charge in [-0.05, 0) is 17.7 Å². The maximum Gasteiger partial charge on any atom is 0.275 e. The molecule has 1 N–H and O–H groups in total. The maximum atomic E-state index is 10.6. The van der Waals surface area contributed by atoms with Crippen LogP contribution in [0.2, 0.25) is 0 Å². The van der Waals surface area contributed by atoms with Crippen LogP contribution in [0.4, 0.5) is 5.69 Å². The fourth-order valence-electron chi connectivity index (χ4n) is 1.12. The van der Waals surface area contributed by atoms with E-state index in [0.29, 0.717) is 5.56 Å². The van der Waals surface area contributed by atoms with Crippen molar-refractivity contribution in [3.63, 3.8) is 0 Å². The van der Waals surface area contributed by atoms with E-state index >= 15 is 0 Å². The van der Waals surface area contributed by atoms with Crippen LogP contribution < -0.4 is 0 Å². The minimum Gasteiger partial charge on any atom is -0.391 e. The molecule has 0 aliphatic heterocycles. The van der Waals surface area contributed by atoms with Crippen LogP contribution in [-0.2, 0) is 6.61 Å². The SMILES string of the molecule is N#CC=Cc1ccc(CO)c([N+](=O)[O-])c1. The fraction of sp³-hybridized carbons (Fsp3) is 0.100. The minimum atomic E-state index is -0.560. The van der Waals surface area contributed by atoms with Crippen LogP contribution in [0.3, 0.4) is 0 Å². The largest absolute Gasteiger partial charge is 0.391 e. The molecule has 15 heavy (non-hydrogen) atoms. The third kappa shape index (κ3) is 2.62. The molecule has 0 aliphatic rings. The second-order valence-corrected chi connectivity index (χ2v) is 2.77. The van der Waals surface area contributed by atoms with Crippen molar-refractivity contribution in [3.05, 3.63) is 45.5 Å². The third-order valence-electron chi connectivity index (χ3n) is 1.83. The van der Waals surface area contributed by atoms with Gasteiger partial charge in [-0.3, -0.25) is 10.1 Å². The summed E-state index contributed by atoms with van der Waals surface area (Å²) in [6, 6.07) is 6.18. The second kappa shape index (κ2) is 4.88. The molecule has 0 saturated carbocycles. The van der Waals surface area contributed by atoms with E-state index in [-0.39, 0.29) is 17.9 Å². The number of benzene rings is 1. The first-order chi connectivity index (χ1) is 7.19. The lowest BCUT2D eigenvalue weighted by molar-refractivity contribution is -0.385. The summed E-state index contributed by atoms with van der Waals surface area (Å²) >= 11 is 0. The van der Waals surface area contributed by atoms with E-state index in [0.717, 1.165) is 0 Å². The van der Waals surface area contributed by atoms with Gasteiger partial charge in [0.05, 0.1) is 23.2 Å². The van der Waals surface area contributed by atoms with Crippen LogP contribution in [0.25, 0.3) is 6.08 Å². The molecule has 5 heteroatoms. The first-order valence-corrected chi connectivity index (χ1v) is 4.13. The number of aliphatic hydroxyl groups excluding tert-OH is 1. The van der Waals surface area contributed by atoms with Crippen LogP contribution in [-0.4, -0.2) is 10.0 Å². The van der Waals surface area contributed by atoms with Crippen molar-refractivity contribution >= 4 is 11.8 Å². The summed E-state index contributed by atoms with van der Waals surface area (Å²) in [4.78, 5) is 10.1. The minimum absolute atomic E-state index is 0.141. The Morgan fingerprint density at radius 2 is 2.33 bits per heavy atom. The van der Waals surface area contributed by atoms with E-state index in [1.165, 1.54) is 24.3 Å². The average molecular weight is 204 g/mol. The van der Waals surface area contributed by atoms with Gasteiger partial charge in [0, 0.05) is 12.1 Å². The Balaban J connectivity index is 3.17. The van der Waals surface area contributed by atoms with Crippen molar-refractivity contribution in [1.82, 2.24) is 0 Å². The van der Waals surface area contributed by atoms with Gasteiger partial charge in [0.2, 0.25) is 0 Å². The number of rotatable bonds is 3. The molecule has 0 spiro atoms. The van der Waals surface area contributed by atoms with E-state index in [9.17, 15) is 10.1 Å². The maximum absolute atomic E-state index is 10.6. The summed E-state index contributed by atoms with van der Waals surface area (Å²) in [6.45, 7) is -0.376. The molecule has 1 rings (SSSR count). The highest BCUT2D eigenvalue weighted by Crippen LogP contribution is 2.20. The predicted molar refractivity (Wildman–Crippen MR) is 53.7 cm³/mol. The van der Waals surface area contributed by atoms with E-state index in [2.05, 4.69) is 0 Å².